The number of hydrogen-bond acceptors (Lipinski definition) is 2. The fraction of sp³-hybridized carbons (Fsp3) is 0.600. The molecule has 7 heavy (non-hydrogen) atoms. The SMILES string of the molecule is [CH]=CN1CCNC1. The van der Waals surface area contributed by atoms with E-state index in [0.717, 1.165) is 19.8 Å². The van der Waals surface area contributed by atoms with Crippen molar-refractivity contribution >= 4 is 0 Å². The van der Waals surface area contributed by atoms with E-state index in [1.807, 2.05) is 4.90 Å². The van der Waals surface area contributed by atoms with Crippen LogP contribution in [0.5, 0.6) is 0 Å². The molecule has 0 saturated carbocycles. The van der Waals surface area contributed by atoms with Crippen LogP contribution in [-0.2, 0) is 0 Å². The summed E-state index contributed by atoms with van der Waals surface area (Å²) >= 11 is 0. The van der Waals surface area contributed by atoms with Gasteiger partial charge in [-0.1, -0.05) is 0 Å². The average molecular weight is 97.1 g/mol. The quantitative estimate of drug-likeness (QED) is 0.487. The second-order valence-corrected chi connectivity index (χ2v) is 1.62. The van der Waals surface area contributed by atoms with E-state index in [-0.39, 0.29) is 0 Å². The number of hydrogen-bond donors (Lipinski definition) is 1. The molecular formula is C5H9N2. The molecule has 0 aliphatic carbocycles. The Labute approximate surface area is 43.8 Å². The monoisotopic (exact) mass is 97.1 g/mol. The molecule has 1 rings (SSSR count). The molecule has 1 heterocycles. The van der Waals surface area contributed by atoms with E-state index < -0.39 is 0 Å². The molecule has 1 fully saturated rings. The van der Waals surface area contributed by atoms with E-state index in [2.05, 4.69) is 5.32 Å². The van der Waals surface area contributed by atoms with Gasteiger partial charge in [-0.25, -0.2) is 0 Å². The third kappa shape index (κ3) is 0.933. The van der Waals surface area contributed by atoms with Crippen LogP contribution < -0.4 is 5.32 Å². The predicted octanol–water partition coefficient (Wildman–Crippen LogP) is -0.204. The van der Waals surface area contributed by atoms with E-state index in [1.54, 1.807) is 6.20 Å². The van der Waals surface area contributed by atoms with Crippen molar-refractivity contribution in [2.75, 3.05) is 19.8 Å². The second-order valence-electron chi connectivity index (χ2n) is 1.62. The average Bonchev–Trinajstić information content (AvgIpc) is 2.14. The molecule has 1 aliphatic heterocycles. The van der Waals surface area contributed by atoms with Crippen molar-refractivity contribution in [1.82, 2.24) is 10.2 Å². The predicted molar refractivity (Wildman–Crippen MR) is 28.4 cm³/mol. The molecule has 0 atom stereocenters. The molecule has 0 bridgehead atoms. The summed E-state index contributed by atoms with van der Waals surface area (Å²) in [4.78, 5) is 2.03. The lowest BCUT2D eigenvalue weighted by atomic mass is 10.6. The molecule has 0 aromatic carbocycles. The highest BCUT2D eigenvalue weighted by atomic mass is 15.3. The van der Waals surface area contributed by atoms with Crippen LogP contribution in [0, 0.1) is 6.58 Å². The fourth-order valence-electron chi connectivity index (χ4n) is 0.652. The molecule has 0 aromatic rings. The summed E-state index contributed by atoms with van der Waals surface area (Å²) in [5.41, 5.74) is 0. The van der Waals surface area contributed by atoms with Crippen molar-refractivity contribution in [3.05, 3.63) is 12.8 Å². The zero-order chi connectivity index (χ0) is 5.11. The van der Waals surface area contributed by atoms with Crippen LogP contribution in [0.3, 0.4) is 0 Å². The normalized spacial score (nSPS) is 20.3. The highest BCUT2D eigenvalue weighted by Crippen LogP contribution is 1.88. The molecule has 1 radical (unpaired) electrons. The van der Waals surface area contributed by atoms with Crippen LogP contribution in [0.4, 0.5) is 0 Å². The Morgan fingerprint density at radius 2 is 2.57 bits per heavy atom. The molecule has 1 saturated heterocycles. The van der Waals surface area contributed by atoms with Gasteiger partial charge in [-0.15, -0.1) is 0 Å². The number of nitrogens with zero attached hydrogens (tertiary/aromatic N) is 1. The largest absolute Gasteiger partial charge is 0.364 e. The van der Waals surface area contributed by atoms with Gasteiger partial charge in [0.25, 0.3) is 0 Å². The molecule has 2 nitrogen and oxygen atoms in total. The maximum atomic E-state index is 5.19. The molecule has 2 heteroatoms. The van der Waals surface area contributed by atoms with Crippen molar-refractivity contribution in [3.63, 3.8) is 0 Å². The lowest BCUT2D eigenvalue weighted by Crippen LogP contribution is -2.14. The first-order chi connectivity index (χ1) is 3.43. The minimum Gasteiger partial charge on any atom is -0.364 e. The smallest absolute Gasteiger partial charge is 0.0677 e. The van der Waals surface area contributed by atoms with Crippen molar-refractivity contribution in [2.45, 2.75) is 0 Å². The van der Waals surface area contributed by atoms with Crippen LogP contribution in [0.1, 0.15) is 0 Å². The summed E-state index contributed by atoms with van der Waals surface area (Å²) < 4.78 is 0. The Morgan fingerprint density at radius 3 is 2.86 bits per heavy atom. The van der Waals surface area contributed by atoms with Crippen LogP contribution in [0.15, 0.2) is 6.20 Å². The van der Waals surface area contributed by atoms with Gasteiger partial charge in [-0.3, -0.25) is 5.32 Å². The Morgan fingerprint density at radius 1 is 1.71 bits per heavy atom. The topological polar surface area (TPSA) is 15.3 Å². The Kier molecular flexibility index (Phi) is 1.32. The third-order valence-electron chi connectivity index (χ3n) is 1.10. The van der Waals surface area contributed by atoms with E-state index in [0.29, 0.717) is 0 Å². The third-order valence-corrected chi connectivity index (χ3v) is 1.10. The standard InChI is InChI=1S/C5H9N2/c1-2-7-4-3-6-5-7/h1-2,6H,3-5H2. The van der Waals surface area contributed by atoms with Crippen LogP contribution in [-0.4, -0.2) is 24.7 Å². The van der Waals surface area contributed by atoms with Crippen LogP contribution in [0.25, 0.3) is 0 Å². The van der Waals surface area contributed by atoms with E-state index >= 15 is 0 Å². The van der Waals surface area contributed by atoms with Crippen molar-refractivity contribution < 1.29 is 0 Å². The Bertz CT molecular complexity index is 64.5. The van der Waals surface area contributed by atoms with Gasteiger partial charge < -0.3 is 4.90 Å². The minimum absolute atomic E-state index is 0.913. The zero-order valence-corrected chi connectivity index (χ0v) is 4.22. The summed E-state index contributed by atoms with van der Waals surface area (Å²) in [7, 11) is 0. The summed E-state index contributed by atoms with van der Waals surface area (Å²) in [6, 6.07) is 0. The van der Waals surface area contributed by atoms with Crippen molar-refractivity contribution in [3.8, 4) is 0 Å². The van der Waals surface area contributed by atoms with Crippen LogP contribution in [0.2, 0.25) is 0 Å². The molecule has 1 aliphatic rings. The lowest BCUT2D eigenvalue weighted by Gasteiger charge is -2.05. The number of rotatable bonds is 1. The molecule has 1 N–H and O–H groups in total. The van der Waals surface area contributed by atoms with Gasteiger partial charge in [-0.05, 0) is 6.58 Å². The fourth-order valence-corrected chi connectivity index (χ4v) is 0.652. The first-order valence-corrected chi connectivity index (χ1v) is 2.43. The summed E-state index contributed by atoms with van der Waals surface area (Å²) in [5, 5.41) is 3.14. The molecule has 0 unspecified atom stereocenters. The van der Waals surface area contributed by atoms with Crippen LogP contribution >= 0.6 is 0 Å². The van der Waals surface area contributed by atoms with Gasteiger partial charge in [-0.2, -0.15) is 0 Å². The van der Waals surface area contributed by atoms with Gasteiger partial charge >= 0.3 is 0 Å². The number of nitrogens with one attached hydrogen (secondary N) is 1. The van der Waals surface area contributed by atoms with Gasteiger partial charge in [0.05, 0.1) is 6.67 Å². The minimum atomic E-state index is 0.913. The van der Waals surface area contributed by atoms with Gasteiger partial charge in [0.1, 0.15) is 0 Å². The Balaban J connectivity index is 2.26. The highest BCUT2D eigenvalue weighted by molar-refractivity contribution is 4.73. The zero-order valence-electron chi connectivity index (χ0n) is 4.22. The Hall–Kier alpha value is -0.500. The van der Waals surface area contributed by atoms with Gasteiger partial charge in [0, 0.05) is 19.3 Å². The van der Waals surface area contributed by atoms with E-state index in [9.17, 15) is 0 Å². The molecular weight excluding hydrogens is 88.1 g/mol. The van der Waals surface area contributed by atoms with E-state index in [1.165, 1.54) is 0 Å². The summed E-state index contributed by atoms with van der Waals surface area (Å²) in [5.74, 6) is 0. The van der Waals surface area contributed by atoms with E-state index in [4.69, 9.17) is 6.58 Å². The lowest BCUT2D eigenvalue weighted by molar-refractivity contribution is 0.462. The molecule has 39 valence electrons. The molecule has 0 amide bonds. The molecule has 0 aromatic heterocycles. The van der Waals surface area contributed by atoms with Gasteiger partial charge in [0.2, 0.25) is 0 Å². The van der Waals surface area contributed by atoms with Crippen molar-refractivity contribution in [2.24, 2.45) is 0 Å². The maximum Gasteiger partial charge on any atom is 0.0677 e. The second kappa shape index (κ2) is 1.98. The van der Waals surface area contributed by atoms with Crippen molar-refractivity contribution in [1.29, 1.82) is 0 Å². The first-order valence-electron chi connectivity index (χ1n) is 2.43. The van der Waals surface area contributed by atoms with Gasteiger partial charge in [0.15, 0.2) is 0 Å². The summed E-state index contributed by atoms with van der Waals surface area (Å²) in [6.45, 7) is 8.22. The summed E-state index contributed by atoms with van der Waals surface area (Å²) in [6.07, 6.45) is 1.61. The highest BCUT2D eigenvalue weighted by Gasteiger charge is 2.02. The maximum absolute atomic E-state index is 5.19. The first kappa shape index (κ1) is 4.65. The molecule has 0 spiro atoms.